The summed E-state index contributed by atoms with van der Waals surface area (Å²) in [7, 11) is 3.52. The second-order valence-corrected chi connectivity index (χ2v) is 7.84. The highest BCUT2D eigenvalue weighted by atomic mass is 35.5. The molecule has 1 aromatic carbocycles. The number of hydrogen-bond acceptors (Lipinski definition) is 8. The van der Waals surface area contributed by atoms with Gasteiger partial charge in [0.2, 0.25) is 5.95 Å². The molecule has 0 spiro atoms. The molecule has 4 heterocycles. The minimum absolute atomic E-state index is 0. The van der Waals surface area contributed by atoms with E-state index < -0.39 is 0 Å². The van der Waals surface area contributed by atoms with Crippen molar-refractivity contribution in [3.63, 3.8) is 0 Å². The van der Waals surface area contributed by atoms with Crippen LogP contribution in [0.25, 0.3) is 11.0 Å². The van der Waals surface area contributed by atoms with E-state index in [-0.39, 0.29) is 18.3 Å². The summed E-state index contributed by atoms with van der Waals surface area (Å²) < 4.78 is 12.2. The number of nitrogens with zero attached hydrogens (tertiary/aromatic N) is 6. The van der Waals surface area contributed by atoms with Gasteiger partial charge in [-0.15, -0.1) is 12.4 Å². The van der Waals surface area contributed by atoms with Gasteiger partial charge in [-0.1, -0.05) is 12.1 Å². The lowest BCUT2D eigenvalue weighted by Gasteiger charge is -2.34. The van der Waals surface area contributed by atoms with E-state index in [0.717, 1.165) is 28.2 Å². The zero-order chi connectivity index (χ0) is 22.8. The molecule has 0 unspecified atom stereocenters. The van der Waals surface area contributed by atoms with Gasteiger partial charge in [0.05, 0.1) is 25.0 Å². The molecule has 34 heavy (non-hydrogen) atoms. The van der Waals surface area contributed by atoms with Crippen molar-refractivity contribution in [2.45, 2.75) is 6.54 Å². The number of nitrogens with one attached hydrogen (secondary N) is 1. The van der Waals surface area contributed by atoms with Crippen molar-refractivity contribution < 1.29 is 13.9 Å². The van der Waals surface area contributed by atoms with E-state index in [4.69, 9.17) is 19.1 Å². The van der Waals surface area contributed by atoms with Crippen molar-refractivity contribution in [3.8, 4) is 5.75 Å². The number of carbonyl (C=O) groups excluding carboxylic acids is 1. The number of ether oxygens (including phenoxy) is 1. The first-order valence-electron chi connectivity index (χ1n) is 10.8. The molecule has 178 valence electrons. The number of fused-ring (bicyclic) bond motifs is 1. The molecule has 0 radical (unpaired) electrons. The largest absolute Gasteiger partial charge is 0.497 e. The summed E-state index contributed by atoms with van der Waals surface area (Å²) in [4.78, 5) is 26.0. The Morgan fingerprint density at radius 3 is 2.56 bits per heavy atom. The molecule has 0 bridgehead atoms. The lowest BCUT2D eigenvalue weighted by atomic mass is 10.2. The van der Waals surface area contributed by atoms with Crippen LogP contribution in [0.5, 0.6) is 5.75 Å². The van der Waals surface area contributed by atoms with Gasteiger partial charge in [0.15, 0.2) is 11.4 Å². The van der Waals surface area contributed by atoms with E-state index in [1.54, 1.807) is 35.0 Å². The van der Waals surface area contributed by atoms with Gasteiger partial charge in [-0.2, -0.15) is 15.1 Å². The van der Waals surface area contributed by atoms with Crippen LogP contribution in [0, 0.1) is 0 Å². The van der Waals surface area contributed by atoms with E-state index in [9.17, 15) is 4.79 Å². The van der Waals surface area contributed by atoms with Gasteiger partial charge in [-0.3, -0.25) is 9.48 Å². The lowest BCUT2D eigenvalue weighted by molar-refractivity contribution is 0.0714. The van der Waals surface area contributed by atoms with Crippen LogP contribution in [0.15, 0.2) is 53.3 Å². The molecule has 1 fully saturated rings. The predicted molar refractivity (Wildman–Crippen MR) is 131 cm³/mol. The number of rotatable bonds is 6. The van der Waals surface area contributed by atoms with E-state index in [1.807, 2.05) is 31.3 Å². The molecule has 1 N–H and O–H groups in total. The third-order valence-corrected chi connectivity index (χ3v) is 5.78. The second-order valence-electron chi connectivity index (χ2n) is 7.84. The first-order chi connectivity index (χ1) is 16.1. The maximum absolute atomic E-state index is 12.6. The van der Waals surface area contributed by atoms with Gasteiger partial charge in [-0.25, -0.2) is 0 Å². The first-order valence-corrected chi connectivity index (χ1v) is 10.8. The standard InChI is InChI=1S/C23H25N7O3.ClH/c1-28-21-18(15-25-28)20(24-14-16-5-7-17(32-2)8-6-16)26-23(27-21)30-11-9-29(10-12-30)22(31)19-4-3-13-33-19;/h3-8,13,15H,9-12,14H2,1-2H3,(H,24,26,27);1H. The number of halogens is 1. The van der Waals surface area contributed by atoms with Gasteiger partial charge < -0.3 is 24.3 Å². The zero-order valence-corrected chi connectivity index (χ0v) is 19.8. The molecule has 1 aliphatic heterocycles. The molecule has 1 aliphatic rings. The zero-order valence-electron chi connectivity index (χ0n) is 19.0. The summed E-state index contributed by atoms with van der Waals surface area (Å²) in [6.07, 6.45) is 3.29. The number of carbonyl (C=O) groups is 1. The predicted octanol–water partition coefficient (Wildman–Crippen LogP) is 2.96. The summed E-state index contributed by atoms with van der Waals surface area (Å²) in [5.74, 6) is 2.44. The first kappa shape index (κ1) is 23.4. The topological polar surface area (TPSA) is 102 Å². The van der Waals surface area contributed by atoms with Crippen molar-refractivity contribution >= 4 is 41.1 Å². The van der Waals surface area contributed by atoms with Crippen molar-refractivity contribution in [2.24, 2.45) is 7.05 Å². The number of furan rings is 1. The Balaban J connectivity index is 0.00000274. The van der Waals surface area contributed by atoms with Gasteiger partial charge in [-0.05, 0) is 29.8 Å². The molecule has 4 aromatic rings. The molecular formula is C23H26ClN7O3. The summed E-state index contributed by atoms with van der Waals surface area (Å²) in [5.41, 5.74) is 1.87. The van der Waals surface area contributed by atoms with Crippen LogP contribution in [0.3, 0.4) is 0 Å². The number of aryl methyl sites for hydroxylation is 1. The fraction of sp³-hybridized carbons (Fsp3) is 0.304. The molecule has 1 amide bonds. The maximum Gasteiger partial charge on any atom is 0.289 e. The second kappa shape index (κ2) is 10.0. The molecular weight excluding hydrogens is 458 g/mol. The maximum atomic E-state index is 12.6. The highest BCUT2D eigenvalue weighted by Gasteiger charge is 2.26. The van der Waals surface area contributed by atoms with Gasteiger partial charge in [0.25, 0.3) is 5.91 Å². The number of piperazine rings is 1. The third-order valence-electron chi connectivity index (χ3n) is 5.78. The molecule has 0 saturated carbocycles. The molecule has 10 nitrogen and oxygen atoms in total. The SMILES string of the molecule is COc1ccc(CNc2nc(N3CCN(C(=O)c4ccco4)CC3)nc3c2cnn3C)cc1.Cl. The van der Waals surface area contributed by atoms with Gasteiger partial charge in [0, 0.05) is 39.8 Å². The number of aromatic nitrogens is 4. The van der Waals surface area contributed by atoms with E-state index in [1.165, 1.54) is 6.26 Å². The van der Waals surface area contributed by atoms with E-state index in [2.05, 4.69) is 15.3 Å². The van der Waals surface area contributed by atoms with Crippen molar-refractivity contribution in [1.82, 2.24) is 24.6 Å². The Hall–Kier alpha value is -3.79. The highest BCUT2D eigenvalue weighted by molar-refractivity contribution is 5.91. The molecule has 11 heteroatoms. The highest BCUT2D eigenvalue weighted by Crippen LogP contribution is 2.25. The monoisotopic (exact) mass is 483 g/mol. The average molecular weight is 484 g/mol. The molecule has 0 aliphatic carbocycles. The normalized spacial score (nSPS) is 13.6. The Kier molecular flexibility index (Phi) is 6.87. The quantitative estimate of drug-likeness (QED) is 0.446. The lowest BCUT2D eigenvalue weighted by Crippen LogP contribution is -2.49. The molecule has 3 aromatic heterocycles. The van der Waals surface area contributed by atoms with Crippen molar-refractivity contribution in [1.29, 1.82) is 0 Å². The number of amides is 1. The van der Waals surface area contributed by atoms with Crippen LogP contribution >= 0.6 is 12.4 Å². The Bertz CT molecular complexity index is 1250. The van der Waals surface area contributed by atoms with Crippen LogP contribution < -0.4 is 15.0 Å². The van der Waals surface area contributed by atoms with Gasteiger partial charge in [0.1, 0.15) is 11.6 Å². The van der Waals surface area contributed by atoms with Crippen LogP contribution in [0.2, 0.25) is 0 Å². The van der Waals surface area contributed by atoms with E-state index >= 15 is 0 Å². The van der Waals surface area contributed by atoms with Crippen molar-refractivity contribution in [2.75, 3.05) is 43.5 Å². The Labute approximate surface area is 202 Å². The molecule has 5 rings (SSSR count). The molecule has 0 atom stereocenters. The minimum atomic E-state index is -0.0931. The summed E-state index contributed by atoms with van der Waals surface area (Å²) in [5, 5.41) is 8.65. The van der Waals surface area contributed by atoms with Crippen LogP contribution in [-0.4, -0.2) is 63.8 Å². The van der Waals surface area contributed by atoms with Gasteiger partial charge >= 0.3 is 0 Å². The third kappa shape index (κ3) is 4.62. The number of hydrogen-bond donors (Lipinski definition) is 1. The van der Waals surface area contributed by atoms with E-state index in [0.29, 0.717) is 44.4 Å². The minimum Gasteiger partial charge on any atom is -0.497 e. The number of benzene rings is 1. The fourth-order valence-corrected chi connectivity index (χ4v) is 3.88. The summed E-state index contributed by atoms with van der Waals surface area (Å²) >= 11 is 0. The Morgan fingerprint density at radius 2 is 1.88 bits per heavy atom. The average Bonchev–Trinajstić information content (AvgIpc) is 3.53. The number of methoxy groups -OCH3 is 1. The van der Waals surface area contributed by atoms with Crippen LogP contribution in [0.4, 0.5) is 11.8 Å². The fourth-order valence-electron chi connectivity index (χ4n) is 3.88. The smallest absolute Gasteiger partial charge is 0.289 e. The van der Waals surface area contributed by atoms with Crippen LogP contribution in [0.1, 0.15) is 16.1 Å². The summed E-state index contributed by atoms with van der Waals surface area (Å²) in [6, 6.07) is 11.3. The van der Waals surface area contributed by atoms with Crippen molar-refractivity contribution in [3.05, 3.63) is 60.2 Å². The molecule has 1 saturated heterocycles. The van der Waals surface area contributed by atoms with Crippen LogP contribution in [-0.2, 0) is 13.6 Å². The Morgan fingerprint density at radius 1 is 1.12 bits per heavy atom. The number of anilines is 2. The summed E-state index contributed by atoms with van der Waals surface area (Å²) in [6.45, 7) is 3.01.